The zero-order valence-electron chi connectivity index (χ0n) is 19.3. The van der Waals surface area contributed by atoms with Crippen molar-refractivity contribution in [3.8, 4) is 22.6 Å². The second kappa shape index (κ2) is 9.26. The standard InChI is InChI=1S/C23H25FN4O5S/c1-23(2,3)16-12-17(28-11-10-18(29)26-22(28)30)20(24)19(21(16)33-4)15-8-6-14(7-9-15)13-25-27-34(5,31)32/h6-13,27H,1-5H3,(H,26,29,30). The number of aromatic amines is 1. The molecule has 34 heavy (non-hydrogen) atoms. The number of benzene rings is 2. The minimum absolute atomic E-state index is 0.0371. The van der Waals surface area contributed by atoms with Crippen molar-refractivity contribution in [2.24, 2.45) is 5.10 Å². The fourth-order valence-corrected chi connectivity index (χ4v) is 3.61. The van der Waals surface area contributed by atoms with Crippen LogP contribution in [0, 0.1) is 5.82 Å². The molecule has 11 heteroatoms. The molecule has 180 valence electrons. The average Bonchev–Trinajstić information content (AvgIpc) is 2.73. The van der Waals surface area contributed by atoms with Gasteiger partial charge in [-0.3, -0.25) is 14.3 Å². The van der Waals surface area contributed by atoms with Crippen LogP contribution in [0.5, 0.6) is 5.75 Å². The molecule has 0 atom stereocenters. The van der Waals surface area contributed by atoms with Gasteiger partial charge >= 0.3 is 5.69 Å². The lowest BCUT2D eigenvalue weighted by molar-refractivity contribution is 0.396. The summed E-state index contributed by atoms with van der Waals surface area (Å²) < 4.78 is 44.9. The quantitative estimate of drug-likeness (QED) is 0.408. The molecule has 3 rings (SSSR count). The second-order valence-electron chi connectivity index (χ2n) is 8.64. The first-order chi connectivity index (χ1) is 15.8. The number of aromatic nitrogens is 2. The molecule has 0 unspecified atom stereocenters. The summed E-state index contributed by atoms with van der Waals surface area (Å²) >= 11 is 0. The molecule has 1 aromatic heterocycles. The van der Waals surface area contributed by atoms with Gasteiger partial charge in [-0.2, -0.15) is 5.10 Å². The smallest absolute Gasteiger partial charge is 0.333 e. The van der Waals surface area contributed by atoms with E-state index in [4.69, 9.17) is 4.74 Å². The zero-order chi connectivity index (χ0) is 25.3. The molecule has 0 fully saturated rings. The van der Waals surface area contributed by atoms with Gasteiger partial charge in [0.25, 0.3) is 5.56 Å². The predicted molar refractivity (Wildman–Crippen MR) is 129 cm³/mol. The fourth-order valence-electron chi connectivity index (χ4n) is 3.37. The van der Waals surface area contributed by atoms with Gasteiger partial charge in [-0.25, -0.2) is 22.4 Å². The van der Waals surface area contributed by atoms with Crippen LogP contribution in [0.3, 0.4) is 0 Å². The van der Waals surface area contributed by atoms with Crippen LogP contribution in [-0.2, 0) is 15.4 Å². The van der Waals surface area contributed by atoms with Crippen molar-refractivity contribution in [2.45, 2.75) is 26.2 Å². The summed E-state index contributed by atoms with van der Waals surface area (Å²) in [5.41, 5.74) is -0.0385. The van der Waals surface area contributed by atoms with Gasteiger partial charge in [0.2, 0.25) is 10.0 Å². The molecule has 2 aromatic carbocycles. The molecule has 0 radical (unpaired) electrons. The molecule has 0 saturated carbocycles. The summed E-state index contributed by atoms with van der Waals surface area (Å²) in [5.74, 6) is -0.398. The van der Waals surface area contributed by atoms with Gasteiger partial charge < -0.3 is 4.74 Å². The first kappa shape index (κ1) is 24.9. The van der Waals surface area contributed by atoms with E-state index in [1.165, 1.54) is 25.6 Å². The minimum atomic E-state index is -3.48. The molecule has 0 bridgehead atoms. The molecule has 0 saturated heterocycles. The van der Waals surface area contributed by atoms with Crippen LogP contribution in [0.4, 0.5) is 4.39 Å². The number of methoxy groups -OCH3 is 1. The zero-order valence-corrected chi connectivity index (χ0v) is 20.2. The lowest BCUT2D eigenvalue weighted by atomic mass is 9.83. The van der Waals surface area contributed by atoms with E-state index in [1.54, 1.807) is 24.3 Å². The summed E-state index contributed by atoms with van der Waals surface area (Å²) in [6.45, 7) is 5.79. The van der Waals surface area contributed by atoms with Gasteiger partial charge in [0, 0.05) is 17.8 Å². The molecule has 2 N–H and O–H groups in total. The third kappa shape index (κ3) is 5.42. The molecular formula is C23H25FN4O5S. The van der Waals surface area contributed by atoms with Crippen LogP contribution in [0.15, 0.2) is 57.3 Å². The lowest BCUT2D eigenvalue weighted by Gasteiger charge is -2.26. The summed E-state index contributed by atoms with van der Waals surface area (Å²) in [7, 11) is -2.04. The Morgan fingerprint density at radius 2 is 1.79 bits per heavy atom. The normalized spacial score (nSPS) is 12.2. The number of nitrogens with one attached hydrogen (secondary N) is 2. The number of ether oxygens (including phenoxy) is 1. The second-order valence-corrected chi connectivity index (χ2v) is 10.4. The summed E-state index contributed by atoms with van der Waals surface area (Å²) in [4.78, 5) is 28.1. The monoisotopic (exact) mass is 488 g/mol. The molecule has 0 amide bonds. The number of hydrogen-bond donors (Lipinski definition) is 2. The number of halogens is 1. The maximum Gasteiger partial charge on any atom is 0.333 e. The molecule has 0 aliphatic carbocycles. The Labute approximate surface area is 196 Å². The number of nitrogens with zero attached hydrogens (tertiary/aromatic N) is 2. The van der Waals surface area contributed by atoms with Gasteiger partial charge in [-0.05, 0) is 22.6 Å². The van der Waals surface area contributed by atoms with Crippen LogP contribution in [-0.4, -0.2) is 37.5 Å². The first-order valence-electron chi connectivity index (χ1n) is 10.2. The maximum absolute atomic E-state index is 15.9. The third-order valence-corrected chi connectivity index (χ3v) is 5.36. The van der Waals surface area contributed by atoms with E-state index in [9.17, 15) is 18.0 Å². The van der Waals surface area contributed by atoms with Crippen molar-refractivity contribution in [2.75, 3.05) is 13.4 Å². The van der Waals surface area contributed by atoms with Crippen LogP contribution in [0.25, 0.3) is 16.8 Å². The molecule has 0 spiro atoms. The van der Waals surface area contributed by atoms with Gasteiger partial charge in [0.05, 0.1) is 30.8 Å². The predicted octanol–water partition coefficient (Wildman–Crippen LogP) is 2.52. The maximum atomic E-state index is 15.9. The molecule has 0 aliphatic rings. The highest BCUT2D eigenvalue weighted by atomic mass is 32.2. The Hall–Kier alpha value is -3.73. The van der Waals surface area contributed by atoms with Crippen molar-refractivity contribution >= 4 is 16.2 Å². The van der Waals surface area contributed by atoms with Crippen LogP contribution in [0.2, 0.25) is 0 Å². The average molecular weight is 489 g/mol. The van der Waals surface area contributed by atoms with Crippen molar-refractivity contribution < 1.29 is 17.5 Å². The van der Waals surface area contributed by atoms with E-state index in [2.05, 4.69) is 10.1 Å². The first-order valence-corrected chi connectivity index (χ1v) is 12.0. The number of rotatable bonds is 6. The van der Waals surface area contributed by atoms with Gasteiger partial charge in [0.15, 0.2) is 5.82 Å². The van der Waals surface area contributed by atoms with Gasteiger partial charge in [-0.15, -0.1) is 0 Å². The van der Waals surface area contributed by atoms with Crippen LogP contribution < -0.4 is 20.8 Å². The van der Waals surface area contributed by atoms with E-state index in [0.29, 0.717) is 22.4 Å². The van der Waals surface area contributed by atoms with E-state index in [1.807, 2.05) is 25.6 Å². The largest absolute Gasteiger partial charge is 0.496 e. The highest BCUT2D eigenvalue weighted by molar-refractivity contribution is 7.88. The van der Waals surface area contributed by atoms with Crippen molar-refractivity contribution in [3.63, 3.8) is 0 Å². The number of H-pyrrole nitrogens is 1. The third-order valence-electron chi connectivity index (χ3n) is 4.92. The summed E-state index contributed by atoms with van der Waals surface area (Å²) in [6.07, 6.45) is 3.52. The molecule has 0 aliphatic heterocycles. The SMILES string of the molecule is COc1c(C(C)(C)C)cc(-n2ccc(=O)[nH]c2=O)c(F)c1-c1ccc(C=NNS(C)(=O)=O)cc1. The summed E-state index contributed by atoms with van der Waals surface area (Å²) in [6, 6.07) is 9.22. The highest BCUT2D eigenvalue weighted by Gasteiger charge is 2.28. The molecule has 3 aromatic rings. The minimum Gasteiger partial charge on any atom is -0.496 e. The van der Waals surface area contributed by atoms with Crippen LogP contribution >= 0.6 is 0 Å². The lowest BCUT2D eigenvalue weighted by Crippen LogP contribution is -2.28. The van der Waals surface area contributed by atoms with Crippen LogP contribution in [0.1, 0.15) is 31.9 Å². The Bertz CT molecular complexity index is 1470. The highest BCUT2D eigenvalue weighted by Crippen LogP contribution is 2.43. The van der Waals surface area contributed by atoms with Gasteiger partial charge in [-0.1, -0.05) is 45.0 Å². The summed E-state index contributed by atoms with van der Waals surface area (Å²) in [5, 5.41) is 3.65. The van der Waals surface area contributed by atoms with E-state index in [-0.39, 0.29) is 11.3 Å². The number of hydrogen-bond acceptors (Lipinski definition) is 6. The van der Waals surface area contributed by atoms with E-state index >= 15 is 4.39 Å². The van der Waals surface area contributed by atoms with Crippen molar-refractivity contribution in [3.05, 3.63) is 80.4 Å². The van der Waals surface area contributed by atoms with Gasteiger partial charge in [0.1, 0.15) is 5.75 Å². The van der Waals surface area contributed by atoms with E-state index in [0.717, 1.165) is 16.9 Å². The molecular weight excluding hydrogens is 463 g/mol. The van der Waals surface area contributed by atoms with Crippen molar-refractivity contribution in [1.82, 2.24) is 14.4 Å². The Kier molecular flexibility index (Phi) is 6.78. The Morgan fingerprint density at radius 1 is 1.15 bits per heavy atom. The Morgan fingerprint density at radius 3 is 2.32 bits per heavy atom. The van der Waals surface area contributed by atoms with Crippen molar-refractivity contribution in [1.29, 1.82) is 0 Å². The number of sulfonamides is 1. The van der Waals surface area contributed by atoms with E-state index < -0.39 is 32.5 Å². The molecule has 9 nitrogen and oxygen atoms in total. The Balaban J connectivity index is 2.23. The topological polar surface area (TPSA) is 123 Å². The fraction of sp³-hybridized carbons (Fsp3) is 0.261. The number of hydrazone groups is 1. The molecule has 1 heterocycles.